The van der Waals surface area contributed by atoms with Crippen molar-refractivity contribution in [3.8, 4) is 33.9 Å². The van der Waals surface area contributed by atoms with Gasteiger partial charge in [0.15, 0.2) is 5.76 Å². The van der Waals surface area contributed by atoms with Gasteiger partial charge in [-0.1, -0.05) is 51.4 Å². The van der Waals surface area contributed by atoms with Gasteiger partial charge in [-0.05, 0) is 42.8 Å². The van der Waals surface area contributed by atoms with Crippen LogP contribution in [-0.2, 0) is 6.61 Å². The number of phenolic OH excluding ortho intramolecular Hbond substituents is 1. The van der Waals surface area contributed by atoms with Crippen LogP contribution in [0.1, 0.15) is 11.3 Å². The summed E-state index contributed by atoms with van der Waals surface area (Å²) in [6.07, 6.45) is 0. The van der Waals surface area contributed by atoms with Crippen molar-refractivity contribution >= 4 is 15.9 Å². The second-order valence-corrected chi connectivity index (χ2v) is 7.45. The summed E-state index contributed by atoms with van der Waals surface area (Å²) in [5.74, 6) is 0.564. The predicted molar refractivity (Wildman–Crippen MR) is 112 cm³/mol. The predicted octanol–water partition coefficient (Wildman–Crippen LogP) is 6.50. The number of nitrogens with zero attached hydrogens (tertiary/aromatic N) is 1. The van der Waals surface area contributed by atoms with Crippen LogP contribution < -0.4 is 4.74 Å². The maximum atomic E-state index is 13.7. The van der Waals surface area contributed by atoms with Crippen LogP contribution >= 0.6 is 15.9 Å². The summed E-state index contributed by atoms with van der Waals surface area (Å²) >= 11 is 3.43. The Kier molecular flexibility index (Phi) is 5.36. The number of phenols is 1. The third kappa shape index (κ3) is 4.03. The molecule has 29 heavy (non-hydrogen) atoms. The van der Waals surface area contributed by atoms with Gasteiger partial charge in [0.2, 0.25) is 0 Å². The SMILES string of the molecule is Cc1noc(-c2ccc(OCc3ccccc3F)cc2O)c1-c1ccc(Br)cc1. The highest BCUT2D eigenvalue weighted by Gasteiger charge is 2.20. The minimum atomic E-state index is -0.329. The van der Waals surface area contributed by atoms with Crippen molar-refractivity contribution in [1.82, 2.24) is 5.16 Å². The molecule has 4 nitrogen and oxygen atoms in total. The van der Waals surface area contributed by atoms with Gasteiger partial charge in [-0.15, -0.1) is 0 Å². The van der Waals surface area contributed by atoms with Gasteiger partial charge >= 0.3 is 0 Å². The molecule has 3 aromatic carbocycles. The fourth-order valence-corrected chi connectivity index (χ4v) is 3.34. The minimum absolute atomic E-state index is 0.00875. The van der Waals surface area contributed by atoms with E-state index in [0.29, 0.717) is 22.6 Å². The third-order valence-electron chi connectivity index (χ3n) is 4.56. The largest absolute Gasteiger partial charge is 0.507 e. The Labute approximate surface area is 175 Å². The number of aromatic hydroxyl groups is 1. The van der Waals surface area contributed by atoms with Gasteiger partial charge in [-0.3, -0.25) is 0 Å². The van der Waals surface area contributed by atoms with Gasteiger partial charge < -0.3 is 14.4 Å². The van der Waals surface area contributed by atoms with E-state index in [1.54, 1.807) is 30.3 Å². The van der Waals surface area contributed by atoms with Gasteiger partial charge in [-0.2, -0.15) is 0 Å². The molecule has 146 valence electrons. The molecular formula is C23H17BrFNO3. The highest BCUT2D eigenvalue weighted by molar-refractivity contribution is 9.10. The summed E-state index contributed by atoms with van der Waals surface area (Å²) in [5, 5.41) is 14.6. The molecule has 1 aromatic heterocycles. The fraction of sp³-hybridized carbons (Fsp3) is 0.0870. The van der Waals surface area contributed by atoms with Crippen molar-refractivity contribution in [1.29, 1.82) is 0 Å². The number of benzene rings is 3. The van der Waals surface area contributed by atoms with Gasteiger partial charge in [-0.25, -0.2) is 4.39 Å². The van der Waals surface area contributed by atoms with Crippen molar-refractivity contribution in [2.75, 3.05) is 0 Å². The van der Waals surface area contributed by atoms with Gasteiger partial charge in [0.05, 0.1) is 16.8 Å². The first-order valence-electron chi connectivity index (χ1n) is 8.94. The lowest BCUT2D eigenvalue weighted by molar-refractivity contribution is 0.298. The zero-order chi connectivity index (χ0) is 20.4. The fourth-order valence-electron chi connectivity index (χ4n) is 3.08. The van der Waals surface area contributed by atoms with Crippen LogP contribution in [0.3, 0.4) is 0 Å². The molecular weight excluding hydrogens is 437 g/mol. The van der Waals surface area contributed by atoms with E-state index >= 15 is 0 Å². The van der Waals surface area contributed by atoms with Crippen LogP contribution in [0.25, 0.3) is 22.5 Å². The first-order valence-corrected chi connectivity index (χ1v) is 9.74. The molecule has 1 heterocycles. The monoisotopic (exact) mass is 453 g/mol. The zero-order valence-corrected chi connectivity index (χ0v) is 17.1. The molecule has 0 aliphatic heterocycles. The van der Waals surface area contributed by atoms with Crippen LogP contribution in [0.4, 0.5) is 4.39 Å². The number of ether oxygens (including phenoxy) is 1. The molecule has 0 aliphatic carbocycles. The molecule has 0 radical (unpaired) electrons. The zero-order valence-electron chi connectivity index (χ0n) is 15.5. The van der Waals surface area contributed by atoms with Gasteiger partial charge in [0.25, 0.3) is 0 Å². The lowest BCUT2D eigenvalue weighted by atomic mass is 9.99. The van der Waals surface area contributed by atoms with Gasteiger partial charge in [0, 0.05) is 16.1 Å². The van der Waals surface area contributed by atoms with Crippen LogP contribution in [0.15, 0.2) is 75.7 Å². The van der Waals surface area contributed by atoms with Crippen molar-refractivity contribution in [3.05, 3.63) is 88.3 Å². The standard InChI is InChI=1S/C23H17BrFNO3/c1-14-22(15-6-8-17(24)9-7-15)23(29-26-14)19-11-10-18(12-21(19)27)28-13-16-4-2-3-5-20(16)25/h2-12,27H,13H2,1H3. The number of halogens is 2. The van der Waals surface area contributed by atoms with E-state index in [4.69, 9.17) is 9.26 Å². The highest BCUT2D eigenvalue weighted by Crippen LogP contribution is 2.40. The van der Waals surface area contributed by atoms with Crippen LogP contribution in [0, 0.1) is 12.7 Å². The molecule has 6 heteroatoms. The molecule has 0 atom stereocenters. The average molecular weight is 454 g/mol. The van der Waals surface area contributed by atoms with Crippen molar-refractivity contribution in [3.63, 3.8) is 0 Å². The van der Waals surface area contributed by atoms with Gasteiger partial charge in [0.1, 0.15) is 23.9 Å². The van der Waals surface area contributed by atoms with Crippen molar-refractivity contribution in [2.45, 2.75) is 13.5 Å². The topological polar surface area (TPSA) is 55.5 Å². The average Bonchev–Trinajstić information content (AvgIpc) is 3.09. The first kappa shape index (κ1) is 19.2. The Balaban J connectivity index is 1.62. The number of rotatable bonds is 5. The molecule has 0 saturated carbocycles. The van der Waals surface area contributed by atoms with E-state index in [2.05, 4.69) is 21.1 Å². The quantitative estimate of drug-likeness (QED) is 0.374. The summed E-state index contributed by atoms with van der Waals surface area (Å²) in [5.41, 5.74) is 3.41. The molecule has 0 spiro atoms. The lowest BCUT2D eigenvalue weighted by Crippen LogP contribution is -1.98. The molecule has 1 N–H and O–H groups in total. The Morgan fingerprint density at radius 1 is 1.07 bits per heavy atom. The Morgan fingerprint density at radius 2 is 1.83 bits per heavy atom. The van der Waals surface area contributed by atoms with Crippen LogP contribution in [0.2, 0.25) is 0 Å². The summed E-state index contributed by atoms with van der Waals surface area (Å²) in [6, 6.07) is 19.1. The molecule has 0 unspecified atom stereocenters. The second kappa shape index (κ2) is 8.09. The van der Waals surface area contributed by atoms with E-state index in [1.165, 1.54) is 12.1 Å². The van der Waals surface area contributed by atoms with E-state index in [9.17, 15) is 9.50 Å². The van der Waals surface area contributed by atoms with Crippen LogP contribution in [-0.4, -0.2) is 10.3 Å². The molecule has 4 rings (SSSR count). The first-order chi connectivity index (χ1) is 14.0. The molecule has 0 bridgehead atoms. The molecule has 0 fully saturated rings. The summed E-state index contributed by atoms with van der Waals surface area (Å²) in [6.45, 7) is 1.92. The van der Waals surface area contributed by atoms with Crippen LogP contribution in [0.5, 0.6) is 11.5 Å². The molecule has 0 aliphatic rings. The number of hydrogen-bond donors (Lipinski definition) is 1. The van der Waals surface area contributed by atoms with E-state index < -0.39 is 0 Å². The lowest BCUT2D eigenvalue weighted by Gasteiger charge is -2.10. The van der Waals surface area contributed by atoms with E-state index in [0.717, 1.165) is 21.3 Å². The Hall–Kier alpha value is -3.12. The molecule has 4 aromatic rings. The van der Waals surface area contributed by atoms with Crippen molar-refractivity contribution < 1.29 is 18.8 Å². The summed E-state index contributed by atoms with van der Waals surface area (Å²) in [4.78, 5) is 0. The van der Waals surface area contributed by atoms with Crippen molar-refractivity contribution in [2.24, 2.45) is 0 Å². The minimum Gasteiger partial charge on any atom is -0.507 e. The van der Waals surface area contributed by atoms with E-state index in [1.807, 2.05) is 31.2 Å². The smallest absolute Gasteiger partial charge is 0.178 e. The number of aromatic nitrogens is 1. The number of aryl methyl sites for hydroxylation is 1. The molecule has 0 saturated heterocycles. The summed E-state index contributed by atoms with van der Waals surface area (Å²) in [7, 11) is 0. The Bertz CT molecular complexity index is 1160. The maximum Gasteiger partial charge on any atom is 0.178 e. The summed E-state index contributed by atoms with van der Waals surface area (Å²) < 4.78 is 25.9. The number of hydrogen-bond acceptors (Lipinski definition) is 4. The highest BCUT2D eigenvalue weighted by atomic mass is 79.9. The second-order valence-electron chi connectivity index (χ2n) is 6.54. The van der Waals surface area contributed by atoms with E-state index in [-0.39, 0.29) is 18.2 Å². The molecule has 0 amide bonds. The Morgan fingerprint density at radius 3 is 2.55 bits per heavy atom. The third-order valence-corrected chi connectivity index (χ3v) is 5.09. The normalized spacial score (nSPS) is 10.9. The maximum absolute atomic E-state index is 13.7.